The maximum absolute atomic E-state index is 15.2. The summed E-state index contributed by atoms with van der Waals surface area (Å²) < 4.78 is 22.5. The largest absolute Gasteiger partial charge is 0.491 e. The molecule has 7 nitrogen and oxygen atoms in total. The van der Waals surface area contributed by atoms with Crippen molar-refractivity contribution in [1.82, 2.24) is 14.8 Å². The van der Waals surface area contributed by atoms with Crippen LogP contribution in [0.3, 0.4) is 0 Å². The second kappa shape index (κ2) is 12.0. The van der Waals surface area contributed by atoms with Crippen LogP contribution < -0.4 is 9.75 Å². The van der Waals surface area contributed by atoms with Crippen LogP contribution in [0.25, 0.3) is 23.0 Å². The van der Waals surface area contributed by atoms with E-state index in [0.29, 0.717) is 46.0 Å². The van der Waals surface area contributed by atoms with E-state index in [2.05, 4.69) is 11.9 Å². The Balaban J connectivity index is 1.47. The Morgan fingerprint density at radius 3 is 2.36 bits per heavy atom. The standard InChI is InChI=1S/C34H28FN5O2/c1-2-3-19-42-31-17-16-24(21-30(31)35)32-26(23-39(37-32)27-12-6-4-7-13-27)20-29-33(25-11-10-18-36-22-25)38-40(34(29)41)28-14-8-5-9-15-28/h4-18,20-23H,2-3,19H2,1H3. The average Bonchev–Trinajstić information content (AvgIpc) is 3.61. The number of unbranched alkanes of at least 4 members (excludes halogenated alkanes) is 1. The zero-order chi connectivity index (χ0) is 28.9. The molecule has 0 saturated heterocycles. The van der Waals surface area contributed by atoms with Gasteiger partial charge in [0.2, 0.25) is 0 Å². The normalized spacial score (nSPS) is 14.0. The fourth-order valence-corrected chi connectivity index (χ4v) is 4.68. The quantitative estimate of drug-likeness (QED) is 0.143. The van der Waals surface area contributed by atoms with Crippen molar-refractivity contribution in [1.29, 1.82) is 0 Å². The molecule has 42 heavy (non-hydrogen) atoms. The van der Waals surface area contributed by atoms with Gasteiger partial charge in [0.25, 0.3) is 5.91 Å². The average molecular weight is 558 g/mol. The lowest BCUT2D eigenvalue weighted by atomic mass is 10.00. The molecule has 0 bridgehead atoms. The number of pyridine rings is 1. The molecule has 6 rings (SSSR count). The molecule has 0 saturated carbocycles. The van der Waals surface area contributed by atoms with Crippen LogP contribution in [0.2, 0.25) is 0 Å². The highest BCUT2D eigenvalue weighted by Gasteiger charge is 2.32. The Morgan fingerprint density at radius 1 is 0.905 bits per heavy atom. The Hall–Kier alpha value is -5.37. The van der Waals surface area contributed by atoms with E-state index in [1.807, 2.05) is 72.9 Å². The number of amides is 1. The summed E-state index contributed by atoms with van der Waals surface area (Å²) in [6.07, 6.45) is 8.75. The number of hydrazone groups is 1. The molecule has 0 spiro atoms. The van der Waals surface area contributed by atoms with Gasteiger partial charge in [0, 0.05) is 35.3 Å². The number of hydrogen-bond donors (Lipinski definition) is 0. The summed E-state index contributed by atoms with van der Waals surface area (Å²) in [5, 5.41) is 10.9. The molecule has 0 unspecified atom stereocenters. The number of rotatable bonds is 9. The number of ether oxygens (including phenoxy) is 1. The number of carbonyl (C=O) groups is 1. The molecule has 5 aromatic rings. The number of benzene rings is 3. The van der Waals surface area contributed by atoms with Crippen molar-refractivity contribution in [2.75, 3.05) is 11.6 Å². The van der Waals surface area contributed by atoms with Gasteiger partial charge in [-0.1, -0.05) is 49.7 Å². The van der Waals surface area contributed by atoms with E-state index < -0.39 is 5.82 Å². The Labute approximate surface area is 243 Å². The van der Waals surface area contributed by atoms with Crippen LogP contribution in [0.15, 0.2) is 120 Å². The fraction of sp³-hybridized carbons (Fsp3) is 0.118. The number of aromatic nitrogens is 3. The van der Waals surface area contributed by atoms with E-state index in [1.54, 1.807) is 41.4 Å². The molecule has 208 valence electrons. The van der Waals surface area contributed by atoms with Crippen LogP contribution in [0.5, 0.6) is 5.75 Å². The van der Waals surface area contributed by atoms with E-state index in [0.717, 1.165) is 18.5 Å². The first kappa shape index (κ1) is 26.8. The monoisotopic (exact) mass is 557 g/mol. The summed E-state index contributed by atoms with van der Waals surface area (Å²) in [6.45, 7) is 2.50. The van der Waals surface area contributed by atoms with Crippen molar-refractivity contribution < 1.29 is 13.9 Å². The molecular weight excluding hydrogens is 529 g/mol. The molecule has 0 N–H and O–H groups in total. The molecule has 8 heteroatoms. The van der Waals surface area contributed by atoms with E-state index in [-0.39, 0.29) is 11.7 Å². The van der Waals surface area contributed by atoms with Gasteiger partial charge in [-0.2, -0.15) is 15.2 Å². The predicted molar refractivity (Wildman–Crippen MR) is 162 cm³/mol. The minimum atomic E-state index is -0.471. The van der Waals surface area contributed by atoms with Gasteiger partial charge >= 0.3 is 0 Å². The number of para-hydroxylation sites is 2. The van der Waals surface area contributed by atoms with Crippen LogP contribution in [0.1, 0.15) is 30.9 Å². The molecule has 3 heterocycles. The van der Waals surface area contributed by atoms with Gasteiger partial charge in [0.15, 0.2) is 11.6 Å². The summed E-state index contributed by atoms with van der Waals surface area (Å²) in [7, 11) is 0. The summed E-state index contributed by atoms with van der Waals surface area (Å²) in [6, 6.07) is 27.4. The summed E-state index contributed by atoms with van der Waals surface area (Å²) in [5.41, 5.74) is 4.74. The Morgan fingerprint density at radius 2 is 1.67 bits per heavy atom. The SMILES string of the molecule is CCCCOc1ccc(-c2nn(-c3ccccc3)cc2C=C2C(=O)N(c3ccccc3)N=C2c2cccnc2)cc1F. The smallest absolute Gasteiger partial charge is 0.281 e. The third kappa shape index (κ3) is 5.47. The van der Waals surface area contributed by atoms with Crippen molar-refractivity contribution in [3.8, 4) is 22.7 Å². The number of halogens is 1. The molecular formula is C34H28FN5O2. The molecule has 1 amide bonds. The Kier molecular flexibility index (Phi) is 7.68. The van der Waals surface area contributed by atoms with Crippen LogP contribution in [-0.4, -0.2) is 33.0 Å². The van der Waals surface area contributed by atoms with Gasteiger partial charge in [-0.25, -0.2) is 9.07 Å². The lowest BCUT2D eigenvalue weighted by molar-refractivity contribution is -0.114. The molecule has 0 fully saturated rings. The van der Waals surface area contributed by atoms with Gasteiger partial charge in [-0.3, -0.25) is 9.78 Å². The van der Waals surface area contributed by atoms with E-state index >= 15 is 4.39 Å². The first-order valence-corrected chi connectivity index (χ1v) is 13.8. The second-order valence-corrected chi connectivity index (χ2v) is 9.76. The second-order valence-electron chi connectivity index (χ2n) is 9.76. The lowest BCUT2D eigenvalue weighted by Gasteiger charge is -2.11. The first-order valence-electron chi connectivity index (χ1n) is 13.8. The van der Waals surface area contributed by atoms with Gasteiger partial charge in [-0.15, -0.1) is 0 Å². The van der Waals surface area contributed by atoms with Crippen molar-refractivity contribution in [3.63, 3.8) is 0 Å². The van der Waals surface area contributed by atoms with Crippen molar-refractivity contribution >= 4 is 23.4 Å². The number of hydrogen-bond acceptors (Lipinski definition) is 5. The zero-order valence-corrected chi connectivity index (χ0v) is 23.0. The highest BCUT2D eigenvalue weighted by molar-refractivity contribution is 6.37. The summed E-state index contributed by atoms with van der Waals surface area (Å²) in [4.78, 5) is 18.1. The van der Waals surface area contributed by atoms with Crippen molar-refractivity contribution in [3.05, 3.63) is 132 Å². The van der Waals surface area contributed by atoms with Gasteiger partial charge < -0.3 is 4.74 Å². The Bertz CT molecular complexity index is 1770. The lowest BCUT2D eigenvalue weighted by Crippen LogP contribution is -2.21. The maximum Gasteiger partial charge on any atom is 0.281 e. The fourth-order valence-electron chi connectivity index (χ4n) is 4.68. The first-order chi connectivity index (χ1) is 20.6. The molecule has 0 aliphatic carbocycles. The van der Waals surface area contributed by atoms with Gasteiger partial charge in [0.1, 0.15) is 11.4 Å². The zero-order valence-electron chi connectivity index (χ0n) is 23.0. The van der Waals surface area contributed by atoms with Crippen LogP contribution in [-0.2, 0) is 4.79 Å². The number of anilines is 1. The third-order valence-electron chi connectivity index (χ3n) is 6.84. The summed E-state index contributed by atoms with van der Waals surface area (Å²) >= 11 is 0. The van der Waals surface area contributed by atoms with Gasteiger partial charge in [-0.05, 0) is 67.1 Å². The molecule has 2 aromatic heterocycles. The molecule has 0 atom stereocenters. The van der Waals surface area contributed by atoms with Crippen LogP contribution >= 0.6 is 0 Å². The van der Waals surface area contributed by atoms with Gasteiger partial charge in [0.05, 0.1) is 23.6 Å². The van der Waals surface area contributed by atoms with Crippen LogP contribution in [0, 0.1) is 5.82 Å². The minimum Gasteiger partial charge on any atom is -0.491 e. The number of nitrogens with zero attached hydrogens (tertiary/aromatic N) is 5. The molecule has 0 radical (unpaired) electrons. The minimum absolute atomic E-state index is 0.199. The van der Waals surface area contributed by atoms with E-state index in [9.17, 15) is 4.79 Å². The van der Waals surface area contributed by atoms with Crippen molar-refractivity contribution in [2.45, 2.75) is 19.8 Å². The topological polar surface area (TPSA) is 72.6 Å². The maximum atomic E-state index is 15.2. The molecule has 1 aliphatic heterocycles. The predicted octanol–water partition coefficient (Wildman–Crippen LogP) is 7.09. The van der Waals surface area contributed by atoms with Crippen molar-refractivity contribution in [2.24, 2.45) is 5.10 Å². The van der Waals surface area contributed by atoms with E-state index in [1.165, 1.54) is 11.1 Å². The molecule has 3 aromatic carbocycles. The molecule has 1 aliphatic rings. The number of carbonyl (C=O) groups excluding carboxylic acids is 1. The third-order valence-corrected chi connectivity index (χ3v) is 6.84. The highest BCUT2D eigenvalue weighted by atomic mass is 19.1. The highest BCUT2D eigenvalue weighted by Crippen LogP contribution is 2.32. The summed E-state index contributed by atoms with van der Waals surface area (Å²) in [5.74, 6) is -0.560. The van der Waals surface area contributed by atoms with Crippen LogP contribution in [0.4, 0.5) is 10.1 Å². The van der Waals surface area contributed by atoms with E-state index in [4.69, 9.17) is 14.9 Å².